The van der Waals surface area contributed by atoms with Crippen molar-refractivity contribution in [3.63, 3.8) is 0 Å². The molecule has 1 aromatic rings. The topological polar surface area (TPSA) is 80.1 Å². The maximum atomic E-state index is 10.9. The molecular weight excluding hydrogens is 406 g/mol. The molecule has 7 nitrogen and oxygen atoms in total. The van der Waals surface area contributed by atoms with Crippen LogP contribution in [0.25, 0.3) is 0 Å². The molecule has 1 aromatic carbocycles. The highest BCUT2D eigenvalue weighted by Gasteiger charge is 2.45. The molecule has 9 heteroatoms. The number of non-ortho nitro benzene ring substituents is 1. The molecule has 0 spiro atoms. The third-order valence-corrected chi connectivity index (χ3v) is 6.93. The maximum Gasteiger partial charge on any atom is 0.269 e. The molecule has 1 fully saturated rings. The number of hydrogen-bond acceptors (Lipinski definition) is 6. The highest BCUT2D eigenvalue weighted by atomic mass is 28.4. The minimum atomic E-state index is -1.77. The maximum absolute atomic E-state index is 10.9. The molecule has 0 amide bonds. The molecule has 164 valence electrons. The standard InChI is InChI=1S/C20H35NO6Si2/c1-14-15(2)20(25-17-11-9-16(10-12-17)21(22)23)26-18(13-24-28(3,4)5)19(14)27-29(6,7)8/h9-12,14-15,18-20H,13H2,1-8H3/t14-,15+,18-,19+,20+/m1/s1. The Kier molecular flexibility index (Phi) is 7.66. The van der Waals surface area contributed by atoms with Gasteiger partial charge in [0.25, 0.3) is 5.69 Å². The minimum Gasteiger partial charge on any atom is -0.465 e. The molecule has 0 aromatic heterocycles. The van der Waals surface area contributed by atoms with E-state index in [9.17, 15) is 10.1 Å². The Hall–Kier alpha value is -1.27. The lowest BCUT2D eigenvalue weighted by Gasteiger charge is -2.46. The second kappa shape index (κ2) is 9.26. The van der Waals surface area contributed by atoms with Gasteiger partial charge in [0, 0.05) is 18.1 Å². The van der Waals surface area contributed by atoms with E-state index in [1.165, 1.54) is 12.1 Å². The molecule has 0 radical (unpaired) electrons. The Morgan fingerprint density at radius 2 is 1.59 bits per heavy atom. The Labute approximate surface area is 176 Å². The van der Waals surface area contributed by atoms with Crippen LogP contribution in [0.5, 0.6) is 5.75 Å². The summed E-state index contributed by atoms with van der Waals surface area (Å²) >= 11 is 0. The SMILES string of the molecule is C[C@@H]1[C@@H](Oc2ccc([N+](=O)[O-])cc2)O[C@H](CO[Si](C)(C)C)[C@@H](O[Si](C)(C)C)[C@@H]1C. The van der Waals surface area contributed by atoms with Gasteiger partial charge in [-0.2, -0.15) is 0 Å². The van der Waals surface area contributed by atoms with E-state index in [1.807, 2.05) is 0 Å². The van der Waals surface area contributed by atoms with Crippen LogP contribution in [0.1, 0.15) is 13.8 Å². The van der Waals surface area contributed by atoms with Gasteiger partial charge in [-0.3, -0.25) is 10.1 Å². The number of rotatable bonds is 8. The smallest absolute Gasteiger partial charge is 0.269 e. The second-order valence-corrected chi connectivity index (χ2v) is 18.7. The molecular formula is C20H35NO6Si2. The largest absolute Gasteiger partial charge is 0.465 e. The van der Waals surface area contributed by atoms with Gasteiger partial charge in [0.15, 0.2) is 16.6 Å². The second-order valence-electron chi connectivity index (χ2n) is 9.75. The molecule has 1 heterocycles. The molecule has 1 aliphatic heterocycles. The first kappa shape index (κ1) is 24.0. The van der Waals surface area contributed by atoms with Gasteiger partial charge in [-0.05, 0) is 57.3 Å². The number of benzene rings is 1. The lowest BCUT2D eigenvalue weighted by atomic mass is 9.85. The van der Waals surface area contributed by atoms with Gasteiger partial charge < -0.3 is 18.3 Å². The van der Waals surface area contributed by atoms with Gasteiger partial charge in [0.05, 0.1) is 17.6 Å². The van der Waals surface area contributed by atoms with Crippen LogP contribution in [0.3, 0.4) is 0 Å². The van der Waals surface area contributed by atoms with E-state index < -0.39 is 27.8 Å². The van der Waals surface area contributed by atoms with E-state index in [0.717, 1.165) is 0 Å². The molecule has 1 saturated heterocycles. The van der Waals surface area contributed by atoms with E-state index in [-0.39, 0.29) is 29.7 Å². The summed E-state index contributed by atoms with van der Waals surface area (Å²) in [5.74, 6) is 0.859. The normalized spacial score (nSPS) is 28.2. The summed E-state index contributed by atoms with van der Waals surface area (Å²) in [4.78, 5) is 10.4. The van der Waals surface area contributed by atoms with Crippen molar-refractivity contribution in [3.05, 3.63) is 34.4 Å². The first-order valence-corrected chi connectivity index (χ1v) is 17.0. The number of nitrogens with zero attached hydrogens (tertiary/aromatic N) is 1. The van der Waals surface area contributed by atoms with Crippen molar-refractivity contribution in [2.24, 2.45) is 11.8 Å². The quantitative estimate of drug-likeness (QED) is 0.319. The molecule has 0 unspecified atom stereocenters. The van der Waals surface area contributed by atoms with Crippen LogP contribution in [0.15, 0.2) is 24.3 Å². The molecule has 0 N–H and O–H groups in total. The van der Waals surface area contributed by atoms with Gasteiger partial charge in [0.1, 0.15) is 11.9 Å². The monoisotopic (exact) mass is 441 g/mol. The van der Waals surface area contributed by atoms with Crippen LogP contribution in [0, 0.1) is 22.0 Å². The summed E-state index contributed by atoms with van der Waals surface area (Å²) < 4.78 is 25.1. The first-order chi connectivity index (χ1) is 13.3. The van der Waals surface area contributed by atoms with Crippen LogP contribution in [0.2, 0.25) is 39.3 Å². The zero-order valence-electron chi connectivity index (χ0n) is 18.8. The van der Waals surface area contributed by atoms with Gasteiger partial charge in [0.2, 0.25) is 6.29 Å². The van der Waals surface area contributed by atoms with Crippen molar-refractivity contribution in [2.75, 3.05) is 6.61 Å². The number of hydrogen-bond donors (Lipinski definition) is 0. The molecule has 0 aliphatic carbocycles. The predicted octanol–water partition coefficient (Wildman–Crippen LogP) is 5.04. The summed E-state index contributed by atoms with van der Waals surface area (Å²) in [6, 6.07) is 6.10. The van der Waals surface area contributed by atoms with E-state index in [0.29, 0.717) is 12.4 Å². The lowest BCUT2D eigenvalue weighted by molar-refractivity contribution is -0.384. The van der Waals surface area contributed by atoms with Crippen molar-refractivity contribution in [3.8, 4) is 5.75 Å². The first-order valence-electron chi connectivity index (χ1n) is 10.2. The minimum absolute atomic E-state index is 0.0355. The third-order valence-electron chi connectivity index (χ3n) is 4.92. The lowest BCUT2D eigenvalue weighted by Crippen LogP contribution is -2.56. The van der Waals surface area contributed by atoms with Crippen molar-refractivity contribution < 1.29 is 23.2 Å². The molecule has 29 heavy (non-hydrogen) atoms. The van der Waals surface area contributed by atoms with Crippen LogP contribution >= 0.6 is 0 Å². The number of nitro groups is 1. The highest BCUT2D eigenvalue weighted by Crippen LogP contribution is 2.36. The van der Waals surface area contributed by atoms with Crippen LogP contribution in [-0.4, -0.2) is 46.7 Å². The van der Waals surface area contributed by atoms with Gasteiger partial charge >= 0.3 is 0 Å². The summed E-state index contributed by atoms with van der Waals surface area (Å²) in [6.07, 6.45) is -0.740. The fourth-order valence-corrected chi connectivity index (χ4v) is 5.08. The van der Waals surface area contributed by atoms with Crippen LogP contribution in [0.4, 0.5) is 5.69 Å². The molecule has 0 saturated carbocycles. The van der Waals surface area contributed by atoms with Gasteiger partial charge in [-0.1, -0.05) is 13.8 Å². The Morgan fingerprint density at radius 3 is 2.07 bits per heavy atom. The number of nitro benzene ring substituents is 1. The Bertz CT molecular complexity index is 686. The van der Waals surface area contributed by atoms with Crippen LogP contribution < -0.4 is 4.74 Å². The Balaban J connectivity index is 2.18. The zero-order chi connectivity index (χ0) is 22.0. The van der Waals surface area contributed by atoms with Gasteiger partial charge in [-0.15, -0.1) is 0 Å². The highest BCUT2D eigenvalue weighted by molar-refractivity contribution is 6.70. The van der Waals surface area contributed by atoms with Gasteiger partial charge in [-0.25, -0.2) is 0 Å². The van der Waals surface area contributed by atoms with Crippen molar-refractivity contribution in [2.45, 2.75) is 71.6 Å². The number of ether oxygens (including phenoxy) is 2. The molecule has 5 atom stereocenters. The predicted molar refractivity (Wildman–Crippen MR) is 118 cm³/mol. The Morgan fingerprint density at radius 1 is 1.00 bits per heavy atom. The van der Waals surface area contributed by atoms with E-state index in [2.05, 4.69) is 53.1 Å². The average molecular weight is 442 g/mol. The summed E-state index contributed by atoms with van der Waals surface area (Å²) in [7, 11) is -3.49. The van der Waals surface area contributed by atoms with E-state index in [4.69, 9.17) is 18.3 Å². The molecule has 1 aliphatic rings. The van der Waals surface area contributed by atoms with E-state index >= 15 is 0 Å². The summed E-state index contributed by atoms with van der Waals surface area (Å²) in [6.45, 7) is 17.7. The molecule has 0 bridgehead atoms. The molecule has 2 rings (SSSR count). The fraction of sp³-hybridized carbons (Fsp3) is 0.700. The van der Waals surface area contributed by atoms with Crippen molar-refractivity contribution in [1.29, 1.82) is 0 Å². The van der Waals surface area contributed by atoms with E-state index in [1.54, 1.807) is 12.1 Å². The third kappa shape index (κ3) is 7.18. The summed E-state index contributed by atoms with van der Waals surface area (Å²) in [5, 5.41) is 10.9. The average Bonchev–Trinajstić information content (AvgIpc) is 2.59. The van der Waals surface area contributed by atoms with Crippen molar-refractivity contribution >= 4 is 22.3 Å². The van der Waals surface area contributed by atoms with Crippen molar-refractivity contribution in [1.82, 2.24) is 0 Å². The summed E-state index contributed by atoms with van der Waals surface area (Å²) in [5.41, 5.74) is 0.0355. The van der Waals surface area contributed by atoms with Crippen LogP contribution in [-0.2, 0) is 13.6 Å². The fourth-order valence-electron chi connectivity index (χ4n) is 3.23. The zero-order valence-corrected chi connectivity index (χ0v) is 20.8.